The van der Waals surface area contributed by atoms with E-state index in [1.165, 1.54) is 74.7 Å². The van der Waals surface area contributed by atoms with Crippen LogP contribution in [0.2, 0.25) is 0 Å². The monoisotopic (exact) mass is 653 g/mol. The molecule has 50 heavy (non-hydrogen) atoms. The molecule has 0 unspecified atom stereocenters. The van der Waals surface area contributed by atoms with Gasteiger partial charge in [0.2, 0.25) is 0 Å². The fourth-order valence-corrected chi connectivity index (χ4v) is 8.69. The van der Waals surface area contributed by atoms with E-state index in [0.29, 0.717) is 0 Å². The largest absolute Gasteiger partial charge is 0.310 e. The zero-order chi connectivity index (χ0) is 33.0. The quantitative estimate of drug-likeness (QED) is 0.167. The van der Waals surface area contributed by atoms with Crippen molar-refractivity contribution in [2.24, 2.45) is 0 Å². The third-order valence-electron chi connectivity index (χ3n) is 9.99. The summed E-state index contributed by atoms with van der Waals surface area (Å²) in [7, 11) is 0. The van der Waals surface area contributed by atoms with Gasteiger partial charge in [-0.2, -0.15) is 0 Å². The Kier molecular flexibility index (Phi) is 6.75. The van der Waals surface area contributed by atoms with Gasteiger partial charge in [-0.15, -0.1) is 11.3 Å². The van der Waals surface area contributed by atoms with Gasteiger partial charge in [-0.25, -0.2) is 0 Å². The maximum atomic E-state index is 2.42. The number of anilines is 3. The first-order valence-electron chi connectivity index (χ1n) is 17.1. The molecule has 0 radical (unpaired) electrons. The zero-order valence-corrected chi connectivity index (χ0v) is 28.1. The average Bonchev–Trinajstić information content (AvgIpc) is 3.55. The van der Waals surface area contributed by atoms with E-state index in [-0.39, 0.29) is 0 Å². The molecule has 0 saturated carbocycles. The standard InChI is InChI=1S/C48H31NS/c1-2-11-32(12-3-1)34-14-10-15-40(28-34)49(46-30-37-13-4-5-16-41(37)42-17-6-7-18-43(42)46)39-25-23-33(24-26-39)35-21-22-36-29-45-44-19-8-9-20-47(44)50-48(45)31-38(36)27-35/h1-31H. The van der Waals surface area contributed by atoms with E-state index in [1.807, 2.05) is 11.3 Å². The third-order valence-corrected chi connectivity index (χ3v) is 11.1. The normalized spacial score (nSPS) is 11.6. The molecule has 0 aliphatic rings. The second kappa shape index (κ2) is 11.7. The molecule has 1 nitrogen and oxygen atoms in total. The number of hydrogen-bond donors (Lipinski definition) is 0. The second-order valence-electron chi connectivity index (χ2n) is 13.0. The predicted octanol–water partition coefficient (Wildman–Crippen LogP) is 14.3. The first kappa shape index (κ1) is 28.8. The molecule has 0 aliphatic carbocycles. The van der Waals surface area contributed by atoms with Crippen molar-refractivity contribution in [1.29, 1.82) is 0 Å². The fourth-order valence-electron chi connectivity index (χ4n) is 7.55. The number of fused-ring (bicyclic) bond motifs is 7. The Morgan fingerprint density at radius 2 is 0.960 bits per heavy atom. The van der Waals surface area contributed by atoms with Gasteiger partial charge in [0.1, 0.15) is 0 Å². The minimum absolute atomic E-state index is 1.12. The lowest BCUT2D eigenvalue weighted by Gasteiger charge is -2.28. The van der Waals surface area contributed by atoms with E-state index in [9.17, 15) is 0 Å². The summed E-state index contributed by atoms with van der Waals surface area (Å²) in [5.41, 5.74) is 8.22. The topological polar surface area (TPSA) is 3.24 Å². The summed E-state index contributed by atoms with van der Waals surface area (Å²) in [5.74, 6) is 0. The van der Waals surface area contributed by atoms with Crippen molar-refractivity contribution >= 4 is 80.9 Å². The highest BCUT2D eigenvalue weighted by molar-refractivity contribution is 7.25. The van der Waals surface area contributed by atoms with E-state index in [1.54, 1.807) is 0 Å². The number of nitrogens with zero attached hydrogens (tertiary/aromatic N) is 1. The lowest BCUT2D eigenvalue weighted by molar-refractivity contribution is 1.30. The Balaban J connectivity index is 1.11. The van der Waals surface area contributed by atoms with Crippen molar-refractivity contribution in [3.05, 3.63) is 188 Å². The highest BCUT2D eigenvalue weighted by Gasteiger charge is 2.18. The van der Waals surface area contributed by atoms with Crippen molar-refractivity contribution in [2.45, 2.75) is 0 Å². The molecule has 1 heterocycles. The van der Waals surface area contributed by atoms with Gasteiger partial charge in [-0.1, -0.05) is 133 Å². The first-order chi connectivity index (χ1) is 24.8. The summed E-state index contributed by atoms with van der Waals surface area (Å²) in [6, 6.07) is 68.8. The minimum atomic E-state index is 1.12. The molecule has 10 aromatic rings. The van der Waals surface area contributed by atoms with E-state index >= 15 is 0 Å². The van der Waals surface area contributed by atoms with E-state index < -0.39 is 0 Å². The van der Waals surface area contributed by atoms with E-state index in [4.69, 9.17) is 0 Å². The molecule has 10 rings (SSSR count). The van der Waals surface area contributed by atoms with Crippen molar-refractivity contribution < 1.29 is 0 Å². The smallest absolute Gasteiger partial charge is 0.0546 e. The minimum Gasteiger partial charge on any atom is -0.310 e. The Hall–Kier alpha value is -6.22. The molecule has 0 atom stereocenters. The maximum Gasteiger partial charge on any atom is 0.0546 e. The van der Waals surface area contributed by atoms with Crippen molar-refractivity contribution in [1.82, 2.24) is 0 Å². The second-order valence-corrected chi connectivity index (χ2v) is 14.1. The molecule has 234 valence electrons. The number of hydrogen-bond acceptors (Lipinski definition) is 2. The van der Waals surface area contributed by atoms with Gasteiger partial charge in [0.25, 0.3) is 0 Å². The van der Waals surface area contributed by atoms with Crippen LogP contribution in [0.4, 0.5) is 17.1 Å². The molecule has 0 aliphatic heterocycles. The summed E-state index contributed by atoms with van der Waals surface area (Å²) in [4.78, 5) is 2.42. The number of thiophene rings is 1. The van der Waals surface area contributed by atoms with Crippen LogP contribution in [0.1, 0.15) is 0 Å². The molecule has 2 heteroatoms. The zero-order valence-electron chi connectivity index (χ0n) is 27.3. The predicted molar refractivity (Wildman–Crippen MR) is 217 cm³/mol. The summed E-state index contributed by atoms with van der Waals surface area (Å²) < 4.78 is 2.67. The lowest BCUT2D eigenvalue weighted by atomic mass is 9.97. The van der Waals surface area contributed by atoms with Crippen molar-refractivity contribution in [2.75, 3.05) is 4.90 Å². The van der Waals surface area contributed by atoms with Crippen LogP contribution < -0.4 is 4.90 Å². The molecule has 0 N–H and O–H groups in total. The molecule has 9 aromatic carbocycles. The molecule has 0 fully saturated rings. The number of rotatable bonds is 5. The van der Waals surface area contributed by atoms with Crippen LogP contribution >= 0.6 is 11.3 Å². The van der Waals surface area contributed by atoms with Gasteiger partial charge in [0.15, 0.2) is 0 Å². The van der Waals surface area contributed by atoms with Crippen LogP contribution in [0.15, 0.2) is 188 Å². The van der Waals surface area contributed by atoms with Crippen LogP contribution in [-0.2, 0) is 0 Å². The van der Waals surface area contributed by atoms with Crippen LogP contribution in [0.5, 0.6) is 0 Å². The van der Waals surface area contributed by atoms with Crippen LogP contribution in [0.3, 0.4) is 0 Å². The lowest BCUT2D eigenvalue weighted by Crippen LogP contribution is -2.10. The van der Waals surface area contributed by atoms with E-state index in [2.05, 4.69) is 193 Å². The van der Waals surface area contributed by atoms with Crippen molar-refractivity contribution in [3.8, 4) is 22.3 Å². The molecule has 1 aromatic heterocycles. The van der Waals surface area contributed by atoms with Crippen LogP contribution in [0.25, 0.3) is 74.7 Å². The Morgan fingerprint density at radius 3 is 1.82 bits per heavy atom. The fraction of sp³-hybridized carbons (Fsp3) is 0. The van der Waals surface area contributed by atoms with Gasteiger partial charge < -0.3 is 4.90 Å². The van der Waals surface area contributed by atoms with Gasteiger partial charge in [-0.3, -0.25) is 0 Å². The summed E-state index contributed by atoms with van der Waals surface area (Å²) in [5, 5.41) is 10.2. The average molecular weight is 654 g/mol. The van der Waals surface area contributed by atoms with Gasteiger partial charge >= 0.3 is 0 Å². The Morgan fingerprint density at radius 1 is 0.300 bits per heavy atom. The molecule has 0 saturated heterocycles. The first-order valence-corrected chi connectivity index (χ1v) is 17.9. The van der Waals surface area contributed by atoms with Gasteiger partial charge in [0.05, 0.1) is 5.69 Å². The maximum absolute atomic E-state index is 2.42. The van der Waals surface area contributed by atoms with Crippen LogP contribution in [-0.4, -0.2) is 0 Å². The van der Waals surface area contributed by atoms with E-state index in [0.717, 1.165) is 17.1 Å². The highest BCUT2D eigenvalue weighted by Crippen LogP contribution is 2.43. The molecule has 0 amide bonds. The summed E-state index contributed by atoms with van der Waals surface area (Å²) >= 11 is 1.87. The van der Waals surface area contributed by atoms with Crippen LogP contribution in [0, 0.1) is 0 Å². The highest BCUT2D eigenvalue weighted by atomic mass is 32.1. The Labute approximate surface area is 294 Å². The van der Waals surface area contributed by atoms with Gasteiger partial charge in [-0.05, 0) is 104 Å². The summed E-state index contributed by atoms with van der Waals surface area (Å²) in [6.45, 7) is 0. The third kappa shape index (κ3) is 4.84. The molecular formula is C48H31NS. The Bertz CT molecular complexity index is 2870. The van der Waals surface area contributed by atoms with Crippen molar-refractivity contribution in [3.63, 3.8) is 0 Å². The molecule has 0 spiro atoms. The number of benzene rings is 9. The SMILES string of the molecule is c1ccc(-c2cccc(N(c3ccc(-c4ccc5cc6c(cc5c4)sc4ccccc46)cc3)c3cc4ccccc4c4ccccc34)c2)cc1. The molecular weight excluding hydrogens is 623 g/mol. The summed E-state index contributed by atoms with van der Waals surface area (Å²) in [6.07, 6.45) is 0. The van der Waals surface area contributed by atoms with Gasteiger partial charge in [0, 0.05) is 36.9 Å². The molecule has 0 bridgehead atoms.